The highest BCUT2D eigenvalue weighted by molar-refractivity contribution is 6.31. The van der Waals surface area contributed by atoms with E-state index < -0.39 is 0 Å². The van der Waals surface area contributed by atoms with Crippen LogP contribution in [-0.2, 0) is 13.0 Å². The quantitative estimate of drug-likeness (QED) is 0.841. The van der Waals surface area contributed by atoms with E-state index in [0.717, 1.165) is 28.6 Å². The van der Waals surface area contributed by atoms with Crippen LogP contribution < -0.4 is 5.32 Å². The van der Waals surface area contributed by atoms with Gasteiger partial charge in [-0.1, -0.05) is 59.6 Å². The number of halogens is 2. The molecule has 0 amide bonds. The third-order valence-electron chi connectivity index (χ3n) is 3.08. The standard InChI is InChI=1S/C16H17Cl2N/c1-12(10-13-6-2-4-8-15(13)17)19-11-14-7-3-5-9-16(14)18/h2-9,12,19H,10-11H2,1H3. The van der Waals surface area contributed by atoms with Crippen LogP contribution in [0.2, 0.25) is 10.0 Å². The molecule has 0 aliphatic carbocycles. The van der Waals surface area contributed by atoms with E-state index >= 15 is 0 Å². The number of rotatable bonds is 5. The molecule has 1 N–H and O–H groups in total. The van der Waals surface area contributed by atoms with E-state index in [1.807, 2.05) is 42.5 Å². The molecule has 2 rings (SSSR count). The van der Waals surface area contributed by atoms with Crippen molar-refractivity contribution in [1.29, 1.82) is 0 Å². The SMILES string of the molecule is CC(Cc1ccccc1Cl)NCc1ccccc1Cl. The number of hydrogen-bond acceptors (Lipinski definition) is 1. The van der Waals surface area contributed by atoms with Crippen molar-refractivity contribution in [3.05, 3.63) is 69.7 Å². The summed E-state index contributed by atoms with van der Waals surface area (Å²) in [6, 6.07) is 16.2. The molecule has 0 heterocycles. The number of benzene rings is 2. The molecule has 0 spiro atoms. The zero-order valence-electron chi connectivity index (χ0n) is 10.9. The molecule has 1 unspecified atom stereocenters. The van der Waals surface area contributed by atoms with Gasteiger partial charge in [0, 0.05) is 22.6 Å². The fourth-order valence-electron chi connectivity index (χ4n) is 1.99. The van der Waals surface area contributed by atoms with E-state index in [1.165, 1.54) is 5.56 Å². The molecular formula is C16H17Cl2N. The maximum absolute atomic E-state index is 6.16. The lowest BCUT2D eigenvalue weighted by molar-refractivity contribution is 0.545. The Morgan fingerprint density at radius 1 is 0.895 bits per heavy atom. The van der Waals surface area contributed by atoms with Crippen molar-refractivity contribution in [2.75, 3.05) is 0 Å². The van der Waals surface area contributed by atoms with Crippen molar-refractivity contribution in [2.45, 2.75) is 25.9 Å². The Labute approximate surface area is 124 Å². The van der Waals surface area contributed by atoms with E-state index in [4.69, 9.17) is 23.2 Å². The minimum Gasteiger partial charge on any atom is -0.310 e. The average molecular weight is 294 g/mol. The highest BCUT2D eigenvalue weighted by Crippen LogP contribution is 2.18. The van der Waals surface area contributed by atoms with Gasteiger partial charge in [-0.25, -0.2) is 0 Å². The Balaban J connectivity index is 1.90. The Morgan fingerprint density at radius 2 is 1.42 bits per heavy atom. The molecule has 0 radical (unpaired) electrons. The van der Waals surface area contributed by atoms with Crippen LogP contribution in [-0.4, -0.2) is 6.04 Å². The third kappa shape index (κ3) is 4.24. The zero-order valence-corrected chi connectivity index (χ0v) is 12.4. The molecule has 0 bridgehead atoms. The summed E-state index contributed by atoms with van der Waals surface area (Å²) in [4.78, 5) is 0. The summed E-state index contributed by atoms with van der Waals surface area (Å²) in [6.45, 7) is 2.92. The van der Waals surface area contributed by atoms with Crippen LogP contribution in [0.25, 0.3) is 0 Å². The first-order valence-electron chi connectivity index (χ1n) is 6.37. The summed E-state index contributed by atoms with van der Waals surface area (Å²) >= 11 is 12.3. The molecule has 0 aliphatic heterocycles. The van der Waals surface area contributed by atoms with E-state index in [2.05, 4.69) is 18.3 Å². The van der Waals surface area contributed by atoms with Crippen molar-refractivity contribution in [2.24, 2.45) is 0 Å². The number of nitrogens with one attached hydrogen (secondary N) is 1. The summed E-state index contributed by atoms with van der Waals surface area (Å²) in [5, 5.41) is 5.11. The summed E-state index contributed by atoms with van der Waals surface area (Å²) in [7, 11) is 0. The van der Waals surface area contributed by atoms with Crippen LogP contribution in [0.4, 0.5) is 0 Å². The first kappa shape index (κ1) is 14.4. The highest BCUT2D eigenvalue weighted by atomic mass is 35.5. The van der Waals surface area contributed by atoms with Gasteiger partial charge in [0.05, 0.1) is 0 Å². The van der Waals surface area contributed by atoms with Crippen molar-refractivity contribution in [1.82, 2.24) is 5.32 Å². The Morgan fingerprint density at radius 3 is 2.00 bits per heavy atom. The molecule has 0 aromatic heterocycles. The van der Waals surface area contributed by atoms with Crippen LogP contribution in [0.5, 0.6) is 0 Å². The van der Waals surface area contributed by atoms with Gasteiger partial charge in [-0.05, 0) is 36.6 Å². The minimum absolute atomic E-state index is 0.344. The van der Waals surface area contributed by atoms with E-state index in [9.17, 15) is 0 Å². The first-order valence-corrected chi connectivity index (χ1v) is 7.12. The average Bonchev–Trinajstić information content (AvgIpc) is 2.40. The van der Waals surface area contributed by atoms with Crippen molar-refractivity contribution in [3.63, 3.8) is 0 Å². The molecule has 0 fully saturated rings. The summed E-state index contributed by atoms with van der Waals surface area (Å²) < 4.78 is 0. The topological polar surface area (TPSA) is 12.0 Å². The second-order valence-corrected chi connectivity index (χ2v) is 5.48. The molecule has 2 aromatic carbocycles. The first-order chi connectivity index (χ1) is 9.16. The van der Waals surface area contributed by atoms with E-state index in [1.54, 1.807) is 0 Å². The molecule has 100 valence electrons. The second-order valence-electron chi connectivity index (χ2n) is 4.67. The fraction of sp³-hybridized carbons (Fsp3) is 0.250. The summed E-state index contributed by atoms with van der Waals surface area (Å²) in [6.07, 6.45) is 0.907. The predicted octanol–water partition coefficient (Wildman–Crippen LogP) is 4.71. The molecule has 2 aromatic rings. The lowest BCUT2D eigenvalue weighted by atomic mass is 10.1. The normalized spacial score (nSPS) is 12.4. The molecule has 19 heavy (non-hydrogen) atoms. The molecule has 1 nitrogen and oxygen atoms in total. The Kier molecular flexibility index (Phi) is 5.26. The zero-order chi connectivity index (χ0) is 13.7. The van der Waals surface area contributed by atoms with Gasteiger partial charge in [-0.2, -0.15) is 0 Å². The van der Waals surface area contributed by atoms with Crippen LogP contribution in [0, 0.1) is 0 Å². The van der Waals surface area contributed by atoms with Crippen molar-refractivity contribution in [3.8, 4) is 0 Å². The van der Waals surface area contributed by atoms with Crippen LogP contribution >= 0.6 is 23.2 Å². The third-order valence-corrected chi connectivity index (χ3v) is 3.82. The van der Waals surface area contributed by atoms with E-state index in [0.29, 0.717) is 6.04 Å². The summed E-state index contributed by atoms with van der Waals surface area (Å²) in [5.41, 5.74) is 2.29. The molecule has 3 heteroatoms. The lowest BCUT2D eigenvalue weighted by Gasteiger charge is -2.15. The highest BCUT2D eigenvalue weighted by Gasteiger charge is 2.07. The largest absolute Gasteiger partial charge is 0.310 e. The van der Waals surface area contributed by atoms with Gasteiger partial charge < -0.3 is 5.32 Å². The lowest BCUT2D eigenvalue weighted by Crippen LogP contribution is -2.27. The Hall–Kier alpha value is -1.02. The maximum atomic E-state index is 6.16. The van der Waals surface area contributed by atoms with Crippen molar-refractivity contribution < 1.29 is 0 Å². The van der Waals surface area contributed by atoms with Crippen molar-refractivity contribution >= 4 is 23.2 Å². The van der Waals surface area contributed by atoms with Gasteiger partial charge >= 0.3 is 0 Å². The summed E-state index contributed by atoms with van der Waals surface area (Å²) in [5.74, 6) is 0. The van der Waals surface area contributed by atoms with E-state index in [-0.39, 0.29) is 0 Å². The number of hydrogen-bond donors (Lipinski definition) is 1. The van der Waals surface area contributed by atoms with Gasteiger partial charge in [-0.15, -0.1) is 0 Å². The molecular weight excluding hydrogens is 277 g/mol. The molecule has 0 aliphatic rings. The smallest absolute Gasteiger partial charge is 0.0450 e. The maximum Gasteiger partial charge on any atom is 0.0450 e. The Bertz CT molecular complexity index is 540. The second kappa shape index (κ2) is 6.95. The predicted molar refractivity (Wildman–Crippen MR) is 82.9 cm³/mol. The van der Waals surface area contributed by atoms with Crippen LogP contribution in [0.15, 0.2) is 48.5 Å². The van der Waals surface area contributed by atoms with Gasteiger partial charge in [0.25, 0.3) is 0 Å². The van der Waals surface area contributed by atoms with Gasteiger partial charge in [0.2, 0.25) is 0 Å². The minimum atomic E-state index is 0.344. The van der Waals surface area contributed by atoms with Gasteiger partial charge in [0.1, 0.15) is 0 Å². The fourth-order valence-corrected chi connectivity index (χ4v) is 2.41. The molecule has 1 atom stereocenters. The van der Waals surface area contributed by atoms with Crippen LogP contribution in [0.1, 0.15) is 18.1 Å². The molecule has 0 saturated heterocycles. The monoisotopic (exact) mass is 293 g/mol. The van der Waals surface area contributed by atoms with Gasteiger partial charge in [-0.3, -0.25) is 0 Å². The van der Waals surface area contributed by atoms with Crippen LogP contribution in [0.3, 0.4) is 0 Å². The van der Waals surface area contributed by atoms with Gasteiger partial charge in [0.15, 0.2) is 0 Å². The molecule has 0 saturated carbocycles.